The number of hydrogen-bond donors (Lipinski definition) is 1. The maximum atomic E-state index is 9.75. The zero-order chi connectivity index (χ0) is 13.8. The second kappa shape index (κ2) is 5.48. The van der Waals surface area contributed by atoms with Gasteiger partial charge in [-0.15, -0.1) is 0 Å². The van der Waals surface area contributed by atoms with Crippen LogP contribution in [0.2, 0.25) is 0 Å². The van der Waals surface area contributed by atoms with Crippen molar-refractivity contribution in [1.82, 2.24) is 0 Å². The molecule has 2 rings (SSSR count). The fraction of sp³-hybridized carbons (Fsp3) is 0.214. The van der Waals surface area contributed by atoms with Gasteiger partial charge in [0.2, 0.25) is 0 Å². The third kappa shape index (κ3) is 3.07. The Morgan fingerprint density at radius 1 is 1.00 bits per heavy atom. The molecule has 0 aliphatic carbocycles. The Balaban J connectivity index is 2.20. The highest BCUT2D eigenvalue weighted by Crippen LogP contribution is 2.19. The second-order valence-electron chi connectivity index (χ2n) is 4.45. The van der Waals surface area contributed by atoms with E-state index in [0.29, 0.717) is 11.5 Å². The number of rotatable bonds is 3. The predicted octanol–water partition coefficient (Wildman–Crippen LogP) is 3.00. The highest BCUT2D eigenvalue weighted by atomic mass is 16.5. The van der Waals surface area contributed by atoms with Gasteiger partial charge < -0.3 is 10.1 Å². The Morgan fingerprint density at radius 3 is 2.32 bits per heavy atom. The average molecular weight is 257 g/mol. The van der Waals surface area contributed by atoms with Gasteiger partial charge in [0.05, 0.1) is 5.11 Å². The van der Waals surface area contributed by atoms with Crippen molar-refractivity contribution in [3.8, 4) is 0 Å². The molecule has 1 aromatic heterocycles. The topological polar surface area (TPSA) is 52.1 Å². The summed E-state index contributed by atoms with van der Waals surface area (Å²) >= 11 is 0. The van der Waals surface area contributed by atoms with E-state index in [1.807, 2.05) is 49.3 Å². The molecule has 1 aromatic carbocycles. The van der Waals surface area contributed by atoms with Gasteiger partial charge in [-0.2, -0.15) is 0 Å². The molecule has 5 nitrogen and oxygen atoms in total. The van der Waals surface area contributed by atoms with E-state index < -0.39 is 0 Å². The molecule has 0 spiro atoms. The zero-order valence-corrected chi connectivity index (χ0v) is 11.3. The predicted molar refractivity (Wildman–Crippen MR) is 73.5 cm³/mol. The van der Waals surface area contributed by atoms with Crippen molar-refractivity contribution in [3.63, 3.8) is 0 Å². The van der Waals surface area contributed by atoms with Gasteiger partial charge in [0, 0.05) is 32.8 Å². The van der Waals surface area contributed by atoms with Crippen LogP contribution in [0.3, 0.4) is 0 Å². The summed E-state index contributed by atoms with van der Waals surface area (Å²) in [7, 11) is 3.97. The first kappa shape index (κ1) is 13.0. The Hall–Kier alpha value is -2.43. The molecular formula is C14H17N4O+. The van der Waals surface area contributed by atoms with E-state index in [4.69, 9.17) is 0 Å². The quantitative estimate of drug-likeness (QED) is 0.522. The smallest absolute Gasteiger partial charge is 0.378 e. The fourth-order valence-corrected chi connectivity index (χ4v) is 1.60. The summed E-state index contributed by atoms with van der Waals surface area (Å²) < 4.78 is 1.01. The van der Waals surface area contributed by atoms with Crippen LogP contribution in [0.15, 0.2) is 52.7 Å². The van der Waals surface area contributed by atoms with Gasteiger partial charge in [-0.3, -0.25) is 0 Å². The van der Waals surface area contributed by atoms with E-state index in [2.05, 4.69) is 10.2 Å². The number of aryl methyl sites for hydroxylation is 1. The first-order valence-corrected chi connectivity index (χ1v) is 5.98. The number of aromatic nitrogens is 1. The highest BCUT2D eigenvalue weighted by Gasteiger charge is 2.10. The molecule has 1 N–H and O–H groups in total. The number of nitrogens with zero attached hydrogens (tertiary/aromatic N) is 4. The Kier molecular flexibility index (Phi) is 3.75. The third-order valence-electron chi connectivity index (χ3n) is 2.77. The zero-order valence-electron chi connectivity index (χ0n) is 11.3. The molecule has 0 radical (unpaired) electrons. The van der Waals surface area contributed by atoms with Gasteiger partial charge in [-0.1, -0.05) is 0 Å². The van der Waals surface area contributed by atoms with Crippen LogP contribution in [0.25, 0.3) is 0 Å². The lowest BCUT2D eigenvalue weighted by atomic mass is 10.3. The molecule has 0 saturated heterocycles. The second-order valence-corrected chi connectivity index (χ2v) is 4.45. The standard InChI is InChI=1S/C14H17N4O/c1-11-5-4-6-14(18(11)19)16-15-12-7-9-13(10-8-12)17(2)3/h4-10,19H,1-3H3/q+1. The lowest BCUT2D eigenvalue weighted by Gasteiger charge is -2.11. The van der Waals surface area contributed by atoms with Crippen LogP contribution in [-0.4, -0.2) is 19.3 Å². The molecule has 2 aromatic rings. The molecule has 5 heteroatoms. The van der Waals surface area contributed by atoms with E-state index in [1.54, 1.807) is 19.1 Å². The summed E-state index contributed by atoms with van der Waals surface area (Å²) in [6.07, 6.45) is 0. The molecule has 0 bridgehead atoms. The molecule has 0 aliphatic rings. The molecule has 98 valence electrons. The fourth-order valence-electron chi connectivity index (χ4n) is 1.60. The minimum Gasteiger partial charge on any atom is -0.378 e. The van der Waals surface area contributed by atoms with Crippen LogP contribution >= 0.6 is 0 Å². The Morgan fingerprint density at radius 2 is 1.68 bits per heavy atom. The lowest BCUT2D eigenvalue weighted by Crippen LogP contribution is -2.33. The molecule has 0 unspecified atom stereocenters. The van der Waals surface area contributed by atoms with Crippen molar-refractivity contribution >= 4 is 17.2 Å². The monoisotopic (exact) mass is 257 g/mol. The van der Waals surface area contributed by atoms with Crippen molar-refractivity contribution in [2.45, 2.75) is 6.92 Å². The van der Waals surface area contributed by atoms with Gasteiger partial charge in [0.15, 0.2) is 0 Å². The first-order chi connectivity index (χ1) is 9.08. The van der Waals surface area contributed by atoms with Crippen molar-refractivity contribution in [1.29, 1.82) is 0 Å². The minimum absolute atomic E-state index is 0.400. The maximum absolute atomic E-state index is 9.75. The molecule has 1 heterocycles. The molecule has 19 heavy (non-hydrogen) atoms. The maximum Gasteiger partial charge on any atom is 0.388 e. The van der Waals surface area contributed by atoms with Crippen LogP contribution in [-0.2, 0) is 0 Å². The molecule has 0 saturated carbocycles. The van der Waals surface area contributed by atoms with Crippen LogP contribution in [0, 0.1) is 6.92 Å². The van der Waals surface area contributed by atoms with E-state index in [0.717, 1.165) is 16.1 Å². The van der Waals surface area contributed by atoms with E-state index in [9.17, 15) is 5.21 Å². The number of azo groups is 1. The summed E-state index contributed by atoms with van der Waals surface area (Å²) in [5, 5.41) is 17.9. The average Bonchev–Trinajstić information content (AvgIpc) is 2.41. The van der Waals surface area contributed by atoms with Crippen LogP contribution in [0.1, 0.15) is 5.69 Å². The largest absolute Gasteiger partial charge is 0.388 e. The summed E-state index contributed by atoms with van der Waals surface area (Å²) in [4.78, 5) is 2.02. The van der Waals surface area contributed by atoms with Gasteiger partial charge in [-0.05, 0) is 46.2 Å². The summed E-state index contributed by atoms with van der Waals surface area (Å²) in [5.74, 6) is 0.400. The minimum atomic E-state index is 0.400. The van der Waals surface area contributed by atoms with E-state index in [1.165, 1.54) is 0 Å². The summed E-state index contributed by atoms with van der Waals surface area (Å²) in [6.45, 7) is 1.80. The van der Waals surface area contributed by atoms with Gasteiger partial charge >= 0.3 is 5.82 Å². The Labute approximate surface area is 112 Å². The van der Waals surface area contributed by atoms with E-state index in [-0.39, 0.29) is 0 Å². The molecule has 0 atom stereocenters. The molecule has 0 fully saturated rings. The number of hydrogen-bond acceptors (Lipinski definition) is 4. The summed E-state index contributed by atoms with van der Waals surface area (Å²) in [6, 6.07) is 13.0. The SMILES string of the molecule is Cc1cccc(N=Nc2ccc(N(C)C)cc2)[n+]1O. The highest BCUT2D eigenvalue weighted by molar-refractivity contribution is 5.51. The lowest BCUT2D eigenvalue weighted by molar-refractivity contribution is -0.898. The number of pyridine rings is 1. The summed E-state index contributed by atoms with van der Waals surface area (Å²) in [5.41, 5.74) is 2.55. The number of benzene rings is 1. The van der Waals surface area contributed by atoms with Crippen LogP contribution in [0.5, 0.6) is 0 Å². The van der Waals surface area contributed by atoms with Crippen molar-refractivity contribution < 1.29 is 9.94 Å². The van der Waals surface area contributed by atoms with Crippen molar-refractivity contribution in [2.75, 3.05) is 19.0 Å². The van der Waals surface area contributed by atoms with Crippen LogP contribution < -0.4 is 9.63 Å². The van der Waals surface area contributed by atoms with Crippen molar-refractivity contribution in [2.24, 2.45) is 10.2 Å². The third-order valence-corrected chi connectivity index (χ3v) is 2.77. The van der Waals surface area contributed by atoms with Gasteiger partial charge in [0.1, 0.15) is 11.4 Å². The number of anilines is 1. The normalized spacial score (nSPS) is 10.9. The van der Waals surface area contributed by atoms with Gasteiger partial charge in [-0.25, -0.2) is 0 Å². The first-order valence-electron chi connectivity index (χ1n) is 5.98. The van der Waals surface area contributed by atoms with E-state index >= 15 is 0 Å². The molecular weight excluding hydrogens is 240 g/mol. The molecule has 0 aliphatic heterocycles. The van der Waals surface area contributed by atoms with Crippen LogP contribution in [0.4, 0.5) is 17.2 Å². The van der Waals surface area contributed by atoms with Gasteiger partial charge in [0.25, 0.3) is 0 Å². The van der Waals surface area contributed by atoms with Crippen molar-refractivity contribution in [3.05, 3.63) is 48.2 Å². The molecule has 0 amide bonds. The Bertz CT molecular complexity index is 591.